The third-order valence-corrected chi connectivity index (χ3v) is 6.09. The number of anilines is 1. The molecule has 0 bridgehead atoms. The number of halogens is 1. The number of likely N-dealkylation sites (tertiary alicyclic amines) is 1. The van der Waals surface area contributed by atoms with Gasteiger partial charge in [0.05, 0.1) is 11.8 Å². The molecule has 0 aliphatic carbocycles. The van der Waals surface area contributed by atoms with E-state index in [-0.39, 0.29) is 24.8 Å². The highest BCUT2D eigenvalue weighted by Crippen LogP contribution is 2.32. The molecule has 1 aliphatic heterocycles. The van der Waals surface area contributed by atoms with Gasteiger partial charge in [0.15, 0.2) is 0 Å². The van der Waals surface area contributed by atoms with Crippen LogP contribution < -0.4 is 5.32 Å². The van der Waals surface area contributed by atoms with E-state index in [2.05, 4.69) is 32.9 Å². The predicted molar refractivity (Wildman–Crippen MR) is 120 cm³/mol. The van der Waals surface area contributed by atoms with Gasteiger partial charge >= 0.3 is 0 Å². The third kappa shape index (κ3) is 3.97. The van der Waals surface area contributed by atoms with Crippen LogP contribution >= 0.6 is 22.6 Å². The minimum absolute atomic E-state index is 0.186. The molecule has 0 radical (unpaired) electrons. The highest BCUT2D eigenvalue weighted by atomic mass is 127. The largest absolute Gasteiger partial charge is 0.391 e. The molecule has 1 aromatic heterocycles. The molecule has 148 valence electrons. The summed E-state index contributed by atoms with van der Waals surface area (Å²) in [5.74, 6) is -0.514. The Kier molecular flexibility index (Phi) is 5.51. The molecule has 4 rings (SSSR count). The fourth-order valence-electron chi connectivity index (χ4n) is 3.75. The zero-order valence-electron chi connectivity index (χ0n) is 15.8. The van der Waals surface area contributed by atoms with Gasteiger partial charge in [-0.25, -0.2) is 0 Å². The van der Waals surface area contributed by atoms with E-state index in [1.807, 2.05) is 48.5 Å². The molecule has 29 heavy (non-hydrogen) atoms. The summed E-state index contributed by atoms with van der Waals surface area (Å²) in [7, 11) is 0. The van der Waals surface area contributed by atoms with E-state index in [0.717, 1.165) is 25.6 Å². The van der Waals surface area contributed by atoms with Crippen LogP contribution in [0.15, 0.2) is 54.7 Å². The van der Waals surface area contributed by atoms with E-state index in [0.29, 0.717) is 5.69 Å². The van der Waals surface area contributed by atoms with Gasteiger partial charge in [-0.2, -0.15) is 0 Å². The van der Waals surface area contributed by atoms with E-state index >= 15 is 0 Å². The summed E-state index contributed by atoms with van der Waals surface area (Å²) in [6, 6.07) is 15.0. The molecule has 7 heteroatoms. The summed E-state index contributed by atoms with van der Waals surface area (Å²) in [4.78, 5) is 30.6. The number of nitrogens with zero attached hydrogens (tertiary/aromatic N) is 2. The van der Waals surface area contributed by atoms with E-state index in [1.54, 1.807) is 6.20 Å². The van der Waals surface area contributed by atoms with Crippen molar-refractivity contribution >= 4 is 50.9 Å². The smallest absolute Gasteiger partial charge is 0.247 e. The second-order valence-electron chi connectivity index (χ2n) is 7.14. The fraction of sp³-hybridized carbons (Fsp3) is 0.227. The quantitative estimate of drug-likeness (QED) is 0.539. The van der Waals surface area contributed by atoms with Crippen LogP contribution in [0.5, 0.6) is 0 Å². The summed E-state index contributed by atoms with van der Waals surface area (Å²) in [5.41, 5.74) is 2.41. The van der Waals surface area contributed by atoms with Gasteiger partial charge in [-0.15, -0.1) is 0 Å². The summed E-state index contributed by atoms with van der Waals surface area (Å²) >= 11 is 2.26. The molecule has 0 saturated carbocycles. The number of pyridine rings is 1. The van der Waals surface area contributed by atoms with E-state index in [9.17, 15) is 14.7 Å². The lowest BCUT2D eigenvalue weighted by molar-refractivity contribution is -0.134. The van der Waals surface area contributed by atoms with Crippen molar-refractivity contribution in [1.29, 1.82) is 0 Å². The van der Waals surface area contributed by atoms with Crippen LogP contribution in [-0.4, -0.2) is 45.5 Å². The van der Waals surface area contributed by atoms with Crippen LogP contribution in [0.25, 0.3) is 22.0 Å². The molecule has 1 aliphatic rings. The number of hydrogen-bond donors (Lipinski definition) is 2. The van der Waals surface area contributed by atoms with Gasteiger partial charge in [-0.3, -0.25) is 14.6 Å². The fourth-order valence-corrected chi connectivity index (χ4v) is 4.35. The number of amides is 2. The summed E-state index contributed by atoms with van der Waals surface area (Å²) in [6.45, 7) is 1.60. The van der Waals surface area contributed by atoms with Crippen molar-refractivity contribution in [1.82, 2.24) is 9.88 Å². The van der Waals surface area contributed by atoms with Crippen molar-refractivity contribution in [3.05, 3.63) is 58.3 Å². The van der Waals surface area contributed by atoms with Gasteiger partial charge in [0, 0.05) is 46.3 Å². The zero-order valence-corrected chi connectivity index (χ0v) is 18.0. The Morgan fingerprint density at radius 2 is 2.00 bits per heavy atom. The van der Waals surface area contributed by atoms with Gasteiger partial charge < -0.3 is 15.3 Å². The molecule has 2 N–H and O–H groups in total. The average Bonchev–Trinajstić information content (AvgIpc) is 3.11. The third-order valence-electron chi connectivity index (χ3n) is 5.15. The first-order valence-corrected chi connectivity index (χ1v) is 10.4. The van der Waals surface area contributed by atoms with Crippen LogP contribution in [0, 0.1) is 3.57 Å². The number of rotatable bonds is 3. The lowest BCUT2D eigenvalue weighted by Gasteiger charge is -2.22. The zero-order chi connectivity index (χ0) is 20.5. The molecule has 1 unspecified atom stereocenters. The molecular formula is C22H20IN3O3. The normalized spacial score (nSPS) is 18.8. The number of hydrogen-bond acceptors (Lipinski definition) is 4. The molecule has 2 heterocycles. The Morgan fingerprint density at radius 1 is 1.21 bits per heavy atom. The van der Waals surface area contributed by atoms with Gasteiger partial charge in [0.1, 0.15) is 6.04 Å². The van der Waals surface area contributed by atoms with Gasteiger partial charge in [0.2, 0.25) is 11.8 Å². The van der Waals surface area contributed by atoms with Crippen molar-refractivity contribution < 1.29 is 14.7 Å². The number of carbonyl (C=O) groups excluding carboxylic acids is 2. The Morgan fingerprint density at radius 3 is 2.79 bits per heavy atom. The van der Waals surface area contributed by atoms with Crippen LogP contribution in [0.3, 0.4) is 0 Å². The molecule has 0 spiro atoms. The number of carbonyl (C=O) groups is 2. The van der Waals surface area contributed by atoms with Crippen molar-refractivity contribution in [2.45, 2.75) is 25.5 Å². The first-order valence-electron chi connectivity index (χ1n) is 9.34. The number of nitrogens with one attached hydrogen (secondary N) is 1. The molecule has 3 aromatic rings. The minimum atomic E-state index is -0.679. The monoisotopic (exact) mass is 501 g/mol. The SMILES string of the molecule is CC(=O)N1C[C@H](O)CC1C(=O)Nc1ccc(I)c(-c2nccc3ccccc23)c1. The lowest BCUT2D eigenvalue weighted by atomic mass is 10.0. The highest BCUT2D eigenvalue weighted by molar-refractivity contribution is 14.1. The maximum absolute atomic E-state index is 12.8. The van der Waals surface area contributed by atoms with E-state index in [1.165, 1.54) is 11.8 Å². The molecule has 1 saturated heterocycles. The Labute approximate surface area is 182 Å². The second-order valence-corrected chi connectivity index (χ2v) is 8.30. The van der Waals surface area contributed by atoms with Crippen molar-refractivity contribution in [2.75, 3.05) is 11.9 Å². The molecule has 2 amide bonds. The number of aliphatic hydroxyl groups excluding tert-OH is 1. The lowest BCUT2D eigenvalue weighted by Crippen LogP contribution is -2.42. The average molecular weight is 501 g/mol. The van der Waals surface area contributed by atoms with E-state index < -0.39 is 12.1 Å². The number of benzene rings is 2. The summed E-state index contributed by atoms with van der Waals surface area (Å²) in [5, 5.41) is 14.9. The Bertz CT molecular complexity index is 1100. The van der Waals surface area contributed by atoms with Crippen molar-refractivity contribution in [2.24, 2.45) is 0 Å². The number of aliphatic hydroxyl groups is 1. The predicted octanol–water partition coefficient (Wildman–Crippen LogP) is 3.43. The number of aromatic nitrogens is 1. The topological polar surface area (TPSA) is 82.5 Å². The standard InChI is InChI=1S/C22H20IN3O3/c1-13(27)26-12-16(28)11-20(26)22(29)25-15-6-7-19(23)18(10-15)21-17-5-3-2-4-14(17)8-9-24-21/h2-10,16,20,28H,11-12H2,1H3,(H,25,29)/t16-,20?/m1/s1. The van der Waals surface area contributed by atoms with Crippen LogP contribution in [0.4, 0.5) is 5.69 Å². The second kappa shape index (κ2) is 8.08. The van der Waals surface area contributed by atoms with E-state index in [4.69, 9.17) is 0 Å². The molecule has 6 nitrogen and oxygen atoms in total. The minimum Gasteiger partial charge on any atom is -0.391 e. The van der Waals surface area contributed by atoms with Crippen LogP contribution in [0.2, 0.25) is 0 Å². The van der Waals surface area contributed by atoms with Gasteiger partial charge in [0.25, 0.3) is 0 Å². The van der Waals surface area contributed by atoms with Gasteiger partial charge in [-0.05, 0) is 52.2 Å². The summed E-state index contributed by atoms with van der Waals surface area (Å²) in [6.07, 6.45) is 1.35. The molecule has 2 atom stereocenters. The first-order chi connectivity index (χ1) is 13.9. The Balaban J connectivity index is 1.65. The summed E-state index contributed by atoms with van der Waals surface area (Å²) < 4.78 is 1.02. The first kappa shape index (κ1) is 19.8. The van der Waals surface area contributed by atoms with Crippen molar-refractivity contribution in [3.63, 3.8) is 0 Å². The molecular weight excluding hydrogens is 481 g/mol. The number of fused-ring (bicyclic) bond motifs is 1. The maximum atomic E-state index is 12.8. The van der Waals surface area contributed by atoms with Crippen LogP contribution in [0.1, 0.15) is 13.3 Å². The van der Waals surface area contributed by atoms with Gasteiger partial charge in [-0.1, -0.05) is 24.3 Å². The van der Waals surface area contributed by atoms with Crippen molar-refractivity contribution in [3.8, 4) is 11.3 Å². The van der Waals surface area contributed by atoms with Crippen LogP contribution in [-0.2, 0) is 9.59 Å². The molecule has 1 fully saturated rings. The highest BCUT2D eigenvalue weighted by Gasteiger charge is 2.37. The maximum Gasteiger partial charge on any atom is 0.247 e. The molecule has 2 aromatic carbocycles. The Hall–Kier alpha value is -2.52. The number of β-amino-alcohol motifs (C(OH)–C–C–N with tert-alkyl or cyclic N) is 1.